The number of hydrogen-bond acceptors (Lipinski definition) is 6. The lowest BCUT2D eigenvalue weighted by Crippen LogP contribution is -2.48. The zero-order valence-corrected chi connectivity index (χ0v) is 15.6. The van der Waals surface area contributed by atoms with Gasteiger partial charge in [0.25, 0.3) is 5.91 Å². The van der Waals surface area contributed by atoms with Gasteiger partial charge >= 0.3 is 0 Å². The van der Waals surface area contributed by atoms with Crippen LogP contribution in [0.3, 0.4) is 0 Å². The summed E-state index contributed by atoms with van der Waals surface area (Å²) in [4.78, 5) is 21.3. The van der Waals surface area contributed by atoms with E-state index in [0.29, 0.717) is 24.4 Å². The first-order valence-corrected chi connectivity index (χ1v) is 9.05. The van der Waals surface area contributed by atoms with Gasteiger partial charge in [0.15, 0.2) is 11.5 Å². The molecule has 0 spiro atoms. The molecule has 7 nitrogen and oxygen atoms in total. The number of methoxy groups -OCH3 is 1. The number of hydrogen-bond donors (Lipinski definition) is 0. The summed E-state index contributed by atoms with van der Waals surface area (Å²) in [5, 5.41) is 0. The number of amides is 1. The van der Waals surface area contributed by atoms with E-state index in [1.165, 1.54) is 5.56 Å². The minimum absolute atomic E-state index is 0.0000736. The molecule has 0 saturated carbocycles. The molecule has 0 unspecified atom stereocenters. The van der Waals surface area contributed by atoms with Gasteiger partial charge in [0.2, 0.25) is 6.79 Å². The minimum atomic E-state index is 0.0000736. The number of nitrogens with zero attached hydrogens (tertiary/aromatic N) is 3. The normalized spacial score (nSPS) is 16.4. The third-order valence-corrected chi connectivity index (χ3v) is 4.96. The lowest BCUT2D eigenvalue weighted by molar-refractivity contribution is 0.0625. The average Bonchev–Trinajstić information content (AvgIpc) is 3.16. The number of ether oxygens (including phenoxy) is 3. The van der Waals surface area contributed by atoms with Crippen LogP contribution in [-0.4, -0.2) is 60.8 Å². The number of carbonyl (C=O) groups is 1. The van der Waals surface area contributed by atoms with E-state index in [4.69, 9.17) is 14.2 Å². The van der Waals surface area contributed by atoms with Gasteiger partial charge in [0, 0.05) is 38.4 Å². The first-order valence-electron chi connectivity index (χ1n) is 9.05. The minimum Gasteiger partial charge on any atom is -0.494 e. The summed E-state index contributed by atoms with van der Waals surface area (Å²) >= 11 is 0. The Morgan fingerprint density at radius 1 is 1.15 bits per heavy atom. The molecule has 1 fully saturated rings. The number of rotatable bonds is 4. The molecule has 1 saturated heterocycles. The second-order valence-corrected chi connectivity index (χ2v) is 6.78. The molecule has 0 atom stereocenters. The number of carbonyl (C=O) groups excluding carboxylic acids is 1. The van der Waals surface area contributed by atoms with Crippen LogP contribution in [0.1, 0.15) is 21.6 Å². The molecule has 0 bridgehead atoms. The molecule has 4 rings (SSSR count). The highest BCUT2D eigenvalue weighted by Gasteiger charge is 2.25. The van der Waals surface area contributed by atoms with Crippen molar-refractivity contribution in [3.05, 3.63) is 47.3 Å². The first-order chi connectivity index (χ1) is 13.1. The van der Waals surface area contributed by atoms with E-state index in [1.54, 1.807) is 19.4 Å². The number of aryl methyl sites for hydroxylation is 1. The van der Waals surface area contributed by atoms with Crippen molar-refractivity contribution in [2.75, 3.05) is 40.1 Å². The van der Waals surface area contributed by atoms with E-state index in [-0.39, 0.29) is 12.7 Å². The molecule has 1 aromatic heterocycles. The number of pyridine rings is 1. The molecule has 7 heteroatoms. The van der Waals surface area contributed by atoms with Crippen LogP contribution in [0, 0.1) is 6.92 Å². The van der Waals surface area contributed by atoms with Crippen molar-refractivity contribution in [3.63, 3.8) is 0 Å². The van der Waals surface area contributed by atoms with Gasteiger partial charge in [-0.15, -0.1) is 0 Å². The summed E-state index contributed by atoms with van der Waals surface area (Å²) in [7, 11) is 1.56. The Hall–Kier alpha value is -2.80. The van der Waals surface area contributed by atoms with E-state index in [2.05, 4.69) is 16.0 Å². The standard InChI is InChI=1S/C20H23N3O4/c1-14-9-16(19(25-2)11-21-14)20(24)23-7-5-22(6-8-23)12-15-3-4-17-18(10-15)27-13-26-17/h3-4,9-11H,5-8,12-13H2,1-2H3. The van der Waals surface area contributed by atoms with Crippen LogP contribution in [0.4, 0.5) is 0 Å². The molecular formula is C20H23N3O4. The molecule has 3 heterocycles. The van der Waals surface area contributed by atoms with Gasteiger partial charge in [-0.1, -0.05) is 6.07 Å². The lowest BCUT2D eigenvalue weighted by atomic mass is 10.1. The smallest absolute Gasteiger partial charge is 0.257 e. The van der Waals surface area contributed by atoms with Crippen LogP contribution < -0.4 is 14.2 Å². The van der Waals surface area contributed by atoms with Crippen LogP contribution in [0.25, 0.3) is 0 Å². The maximum Gasteiger partial charge on any atom is 0.257 e. The molecular weight excluding hydrogens is 346 g/mol. The molecule has 0 radical (unpaired) electrons. The van der Waals surface area contributed by atoms with Gasteiger partial charge in [0.05, 0.1) is 18.9 Å². The quantitative estimate of drug-likeness (QED) is 0.822. The number of piperazine rings is 1. The third-order valence-electron chi connectivity index (χ3n) is 4.96. The van der Waals surface area contributed by atoms with Crippen LogP contribution in [0.5, 0.6) is 17.2 Å². The molecule has 2 aromatic rings. The monoisotopic (exact) mass is 369 g/mol. The summed E-state index contributed by atoms with van der Waals surface area (Å²) in [6.45, 7) is 6.02. The summed E-state index contributed by atoms with van der Waals surface area (Å²) in [6, 6.07) is 7.84. The van der Waals surface area contributed by atoms with Crippen LogP contribution in [0.2, 0.25) is 0 Å². The van der Waals surface area contributed by atoms with E-state index < -0.39 is 0 Å². The molecule has 2 aliphatic rings. The van der Waals surface area contributed by atoms with Crippen molar-refractivity contribution < 1.29 is 19.0 Å². The Kier molecular flexibility index (Phi) is 4.85. The van der Waals surface area contributed by atoms with Crippen LogP contribution in [-0.2, 0) is 6.54 Å². The van der Waals surface area contributed by atoms with Gasteiger partial charge in [-0.3, -0.25) is 14.7 Å². The molecule has 0 aliphatic carbocycles. The topological polar surface area (TPSA) is 64.1 Å². The molecule has 142 valence electrons. The number of fused-ring (bicyclic) bond motifs is 1. The molecule has 1 aromatic carbocycles. The number of benzene rings is 1. The van der Waals surface area contributed by atoms with Gasteiger partial charge in [-0.2, -0.15) is 0 Å². The van der Waals surface area contributed by atoms with Crippen LogP contribution in [0.15, 0.2) is 30.5 Å². The zero-order valence-electron chi connectivity index (χ0n) is 15.6. The van der Waals surface area contributed by atoms with Gasteiger partial charge in [0.1, 0.15) is 5.75 Å². The predicted molar refractivity (Wildman–Crippen MR) is 99.3 cm³/mol. The largest absolute Gasteiger partial charge is 0.494 e. The Morgan fingerprint density at radius 2 is 1.93 bits per heavy atom. The highest BCUT2D eigenvalue weighted by atomic mass is 16.7. The fourth-order valence-electron chi connectivity index (χ4n) is 3.45. The van der Waals surface area contributed by atoms with Crippen molar-refractivity contribution in [2.45, 2.75) is 13.5 Å². The Labute approximate surface area is 158 Å². The Bertz CT molecular complexity index is 847. The third kappa shape index (κ3) is 3.68. The van der Waals surface area contributed by atoms with Gasteiger partial charge < -0.3 is 19.1 Å². The van der Waals surface area contributed by atoms with E-state index in [1.807, 2.05) is 24.0 Å². The van der Waals surface area contributed by atoms with Crippen molar-refractivity contribution in [1.29, 1.82) is 0 Å². The second-order valence-electron chi connectivity index (χ2n) is 6.78. The van der Waals surface area contributed by atoms with Gasteiger partial charge in [-0.05, 0) is 30.7 Å². The lowest BCUT2D eigenvalue weighted by Gasteiger charge is -2.35. The summed E-state index contributed by atoms with van der Waals surface area (Å²) in [6.07, 6.45) is 1.61. The zero-order chi connectivity index (χ0) is 18.8. The fraction of sp³-hybridized carbons (Fsp3) is 0.400. The van der Waals surface area contributed by atoms with E-state index >= 15 is 0 Å². The maximum atomic E-state index is 12.9. The second kappa shape index (κ2) is 7.44. The highest BCUT2D eigenvalue weighted by molar-refractivity contribution is 5.97. The van der Waals surface area contributed by atoms with E-state index in [0.717, 1.165) is 36.8 Å². The summed E-state index contributed by atoms with van der Waals surface area (Å²) in [5.74, 6) is 2.13. The summed E-state index contributed by atoms with van der Waals surface area (Å²) in [5.41, 5.74) is 2.57. The number of aromatic nitrogens is 1. The Morgan fingerprint density at radius 3 is 2.70 bits per heavy atom. The van der Waals surface area contributed by atoms with Crippen LogP contribution >= 0.6 is 0 Å². The average molecular weight is 369 g/mol. The molecule has 0 N–H and O–H groups in total. The summed E-state index contributed by atoms with van der Waals surface area (Å²) < 4.78 is 16.1. The fourth-order valence-corrected chi connectivity index (χ4v) is 3.45. The van der Waals surface area contributed by atoms with Crippen molar-refractivity contribution >= 4 is 5.91 Å². The van der Waals surface area contributed by atoms with Crippen molar-refractivity contribution in [2.24, 2.45) is 0 Å². The maximum absolute atomic E-state index is 12.9. The first kappa shape index (κ1) is 17.6. The Balaban J connectivity index is 1.37. The predicted octanol–water partition coefficient (Wildman–Crippen LogP) is 2.09. The molecule has 2 aliphatic heterocycles. The highest BCUT2D eigenvalue weighted by Crippen LogP contribution is 2.33. The molecule has 27 heavy (non-hydrogen) atoms. The molecule has 1 amide bonds. The SMILES string of the molecule is COc1cnc(C)cc1C(=O)N1CCN(Cc2ccc3c(c2)OCO3)CC1. The van der Waals surface area contributed by atoms with Crippen molar-refractivity contribution in [1.82, 2.24) is 14.8 Å². The van der Waals surface area contributed by atoms with E-state index in [9.17, 15) is 4.79 Å². The van der Waals surface area contributed by atoms with Crippen molar-refractivity contribution in [3.8, 4) is 17.2 Å². The van der Waals surface area contributed by atoms with Gasteiger partial charge in [-0.25, -0.2) is 0 Å².